The summed E-state index contributed by atoms with van der Waals surface area (Å²) in [5.41, 5.74) is 2.63. The molecule has 1 aromatic carbocycles. The first-order valence-electron chi connectivity index (χ1n) is 11.1. The first-order valence-corrected chi connectivity index (χ1v) is 11.1. The predicted octanol–water partition coefficient (Wildman–Crippen LogP) is 4.18. The van der Waals surface area contributed by atoms with E-state index in [-0.39, 0.29) is 23.7 Å². The molecule has 0 radical (unpaired) electrons. The van der Waals surface area contributed by atoms with Crippen LogP contribution in [0.5, 0.6) is 0 Å². The van der Waals surface area contributed by atoms with Gasteiger partial charge in [0.05, 0.1) is 5.56 Å². The average Bonchev–Trinajstić information content (AvgIpc) is 3.73. The highest BCUT2D eigenvalue weighted by Gasteiger charge is 2.30. The Morgan fingerprint density at radius 2 is 1.70 bits per heavy atom. The van der Waals surface area contributed by atoms with Crippen LogP contribution in [0.3, 0.4) is 0 Å². The van der Waals surface area contributed by atoms with Crippen LogP contribution in [0.25, 0.3) is 33.3 Å². The molecule has 166 valence electrons. The minimum Gasteiger partial charge on any atom is -0.436 e. The van der Waals surface area contributed by atoms with Crippen molar-refractivity contribution in [1.29, 1.82) is 0 Å². The maximum Gasteiger partial charge on any atom is 0.229 e. The smallest absolute Gasteiger partial charge is 0.229 e. The molecule has 3 aromatic heterocycles. The number of oxazole rings is 1. The third-order valence-electron chi connectivity index (χ3n) is 6.04. The number of aromatic nitrogens is 3. The SMILES string of the molecule is CNc1ncc(-c2nc3cc(NC(=O)C4CC4)ccc3o2)c2cc(NC(=O)C3CC3)ncc12. The van der Waals surface area contributed by atoms with E-state index in [1.54, 1.807) is 25.5 Å². The number of benzene rings is 1. The Morgan fingerprint density at radius 1 is 0.939 bits per heavy atom. The van der Waals surface area contributed by atoms with Crippen LogP contribution in [0, 0.1) is 11.8 Å². The fourth-order valence-corrected chi connectivity index (χ4v) is 3.86. The van der Waals surface area contributed by atoms with Gasteiger partial charge in [0.25, 0.3) is 0 Å². The average molecular weight is 442 g/mol. The molecule has 2 saturated carbocycles. The van der Waals surface area contributed by atoms with Gasteiger partial charge in [0.1, 0.15) is 17.2 Å². The Balaban J connectivity index is 1.39. The van der Waals surface area contributed by atoms with Crippen molar-refractivity contribution < 1.29 is 14.0 Å². The summed E-state index contributed by atoms with van der Waals surface area (Å²) in [6, 6.07) is 7.24. The number of carbonyl (C=O) groups excluding carboxylic acids is 2. The lowest BCUT2D eigenvalue weighted by Crippen LogP contribution is -2.14. The molecule has 9 nitrogen and oxygen atoms in total. The van der Waals surface area contributed by atoms with Gasteiger partial charge in [-0.25, -0.2) is 15.0 Å². The number of hydrogen-bond acceptors (Lipinski definition) is 7. The van der Waals surface area contributed by atoms with Gasteiger partial charge in [0.15, 0.2) is 5.58 Å². The zero-order valence-corrected chi connectivity index (χ0v) is 18.0. The molecule has 3 heterocycles. The van der Waals surface area contributed by atoms with E-state index in [2.05, 4.69) is 30.9 Å². The van der Waals surface area contributed by atoms with Crippen molar-refractivity contribution in [3.05, 3.63) is 36.7 Å². The number of amides is 2. The molecule has 6 rings (SSSR count). The number of hydrogen-bond donors (Lipinski definition) is 3. The Bertz CT molecular complexity index is 1420. The summed E-state index contributed by atoms with van der Waals surface area (Å²) >= 11 is 0. The number of pyridine rings is 2. The quantitative estimate of drug-likeness (QED) is 0.409. The predicted molar refractivity (Wildman–Crippen MR) is 125 cm³/mol. The monoisotopic (exact) mass is 442 g/mol. The molecule has 0 bridgehead atoms. The minimum absolute atomic E-state index is 0.00562. The van der Waals surface area contributed by atoms with E-state index in [0.29, 0.717) is 39.9 Å². The third kappa shape index (κ3) is 3.75. The van der Waals surface area contributed by atoms with Gasteiger partial charge in [-0.2, -0.15) is 0 Å². The Labute approximate surface area is 189 Å². The van der Waals surface area contributed by atoms with Crippen molar-refractivity contribution in [1.82, 2.24) is 15.0 Å². The van der Waals surface area contributed by atoms with Crippen molar-refractivity contribution in [2.75, 3.05) is 23.0 Å². The summed E-state index contributed by atoms with van der Waals surface area (Å²) in [7, 11) is 1.79. The van der Waals surface area contributed by atoms with Crippen molar-refractivity contribution >= 4 is 51.0 Å². The number of nitrogens with one attached hydrogen (secondary N) is 3. The second-order valence-corrected chi connectivity index (χ2v) is 8.61. The maximum atomic E-state index is 12.2. The van der Waals surface area contributed by atoms with Crippen LogP contribution in [0.15, 0.2) is 41.1 Å². The standard InChI is InChI=1S/C24H22N6O3/c1-25-21-16-10-26-20(30-23(32)13-4-5-13)9-15(16)17(11-27-21)24-29-18-8-14(6-7-19(18)33-24)28-22(31)12-2-3-12/h6-13H,2-5H2,1H3,(H,25,27)(H,28,31)(H,26,30,32). The summed E-state index contributed by atoms with van der Waals surface area (Å²) in [5.74, 6) is 1.80. The van der Waals surface area contributed by atoms with Crippen LogP contribution >= 0.6 is 0 Å². The molecule has 3 N–H and O–H groups in total. The van der Waals surface area contributed by atoms with Crippen LogP contribution in [-0.2, 0) is 9.59 Å². The van der Waals surface area contributed by atoms with Crippen LogP contribution < -0.4 is 16.0 Å². The maximum absolute atomic E-state index is 12.2. The lowest BCUT2D eigenvalue weighted by molar-refractivity contribution is -0.118. The van der Waals surface area contributed by atoms with E-state index in [1.807, 2.05) is 18.2 Å². The summed E-state index contributed by atoms with van der Waals surface area (Å²) in [6.45, 7) is 0. The second-order valence-electron chi connectivity index (χ2n) is 8.61. The van der Waals surface area contributed by atoms with Crippen LogP contribution in [0.1, 0.15) is 25.7 Å². The zero-order chi connectivity index (χ0) is 22.5. The zero-order valence-electron chi connectivity index (χ0n) is 18.0. The van der Waals surface area contributed by atoms with Gasteiger partial charge in [0.2, 0.25) is 17.7 Å². The van der Waals surface area contributed by atoms with Crippen molar-refractivity contribution in [3.8, 4) is 11.5 Å². The summed E-state index contributed by atoms with van der Waals surface area (Å²) in [6.07, 6.45) is 7.12. The first-order chi connectivity index (χ1) is 16.1. The van der Waals surface area contributed by atoms with Gasteiger partial charge in [-0.3, -0.25) is 9.59 Å². The lowest BCUT2D eigenvalue weighted by Gasteiger charge is -2.10. The van der Waals surface area contributed by atoms with Gasteiger partial charge >= 0.3 is 0 Å². The summed E-state index contributed by atoms with van der Waals surface area (Å²) in [5, 5.41) is 10.5. The normalized spacial score (nSPS) is 15.5. The van der Waals surface area contributed by atoms with Crippen LogP contribution in [0.2, 0.25) is 0 Å². The molecular formula is C24H22N6O3. The fraction of sp³-hybridized carbons (Fsp3) is 0.292. The number of nitrogens with zero attached hydrogens (tertiary/aromatic N) is 3. The van der Waals surface area contributed by atoms with Gasteiger partial charge in [-0.05, 0) is 49.9 Å². The molecule has 0 spiro atoms. The molecule has 2 amide bonds. The van der Waals surface area contributed by atoms with Gasteiger partial charge in [-0.1, -0.05) is 0 Å². The number of fused-ring (bicyclic) bond motifs is 2. The second kappa shape index (κ2) is 7.54. The first kappa shape index (κ1) is 19.7. The van der Waals surface area contributed by atoms with E-state index in [0.717, 1.165) is 36.5 Å². The van der Waals surface area contributed by atoms with E-state index >= 15 is 0 Å². The molecule has 0 aliphatic heterocycles. The highest BCUT2D eigenvalue weighted by atomic mass is 16.3. The molecule has 4 aromatic rings. The van der Waals surface area contributed by atoms with Crippen molar-refractivity contribution in [2.24, 2.45) is 11.8 Å². The highest BCUT2D eigenvalue weighted by Crippen LogP contribution is 2.35. The summed E-state index contributed by atoms with van der Waals surface area (Å²) < 4.78 is 6.03. The molecular weight excluding hydrogens is 420 g/mol. The fourth-order valence-electron chi connectivity index (χ4n) is 3.86. The van der Waals surface area contributed by atoms with Crippen molar-refractivity contribution in [3.63, 3.8) is 0 Å². The van der Waals surface area contributed by atoms with E-state index < -0.39 is 0 Å². The van der Waals surface area contributed by atoms with Crippen LogP contribution in [-0.4, -0.2) is 33.8 Å². The number of rotatable bonds is 6. The van der Waals surface area contributed by atoms with Gasteiger partial charge in [0, 0.05) is 47.7 Å². The Kier molecular flexibility index (Phi) is 4.49. The molecule has 2 aliphatic carbocycles. The van der Waals surface area contributed by atoms with E-state index in [1.165, 1.54) is 0 Å². The van der Waals surface area contributed by atoms with Gasteiger partial charge < -0.3 is 20.4 Å². The molecule has 2 aliphatic rings. The number of anilines is 3. The Morgan fingerprint density at radius 3 is 2.42 bits per heavy atom. The third-order valence-corrected chi connectivity index (χ3v) is 6.04. The minimum atomic E-state index is -0.00562. The largest absolute Gasteiger partial charge is 0.436 e. The highest BCUT2D eigenvalue weighted by molar-refractivity contribution is 6.03. The molecule has 9 heteroatoms. The number of carbonyl (C=O) groups is 2. The topological polar surface area (TPSA) is 122 Å². The molecule has 33 heavy (non-hydrogen) atoms. The van der Waals surface area contributed by atoms with Crippen LogP contribution in [0.4, 0.5) is 17.3 Å². The van der Waals surface area contributed by atoms with Crippen molar-refractivity contribution in [2.45, 2.75) is 25.7 Å². The van der Waals surface area contributed by atoms with Gasteiger partial charge in [-0.15, -0.1) is 0 Å². The summed E-state index contributed by atoms with van der Waals surface area (Å²) in [4.78, 5) is 37.9. The van der Waals surface area contributed by atoms with E-state index in [4.69, 9.17) is 4.42 Å². The molecule has 0 saturated heterocycles. The molecule has 2 fully saturated rings. The molecule has 0 unspecified atom stereocenters. The van der Waals surface area contributed by atoms with E-state index in [9.17, 15) is 9.59 Å². The molecule has 0 atom stereocenters. The Hall–Kier alpha value is -4.01. The lowest BCUT2D eigenvalue weighted by atomic mass is 10.1.